The Morgan fingerprint density at radius 1 is 1.04 bits per heavy atom. The summed E-state index contributed by atoms with van der Waals surface area (Å²) in [4.78, 5) is 42.3. The number of carbonyl (C=O) groups is 2. The average molecular weight is 347 g/mol. The summed E-state index contributed by atoms with van der Waals surface area (Å²) in [7, 11) is 0. The first-order valence-electron chi connectivity index (χ1n) is 8.43. The Labute approximate surface area is 149 Å². The number of anilines is 1. The first kappa shape index (κ1) is 16.1. The van der Waals surface area contributed by atoms with E-state index in [-0.39, 0.29) is 16.9 Å². The largest absolute Gasteiger partial charge is 0.360 e. The van der Waals surface area contributed by atoms with Gasteiger partial charge >= 0.3 is 0 Å². The highest BCUT2D eigenvalue weighted by Crippen LogP contribution is 2.21. The van der Waals surface area contributed by atoms with Crippen LogP contribution in [0.15, 0.2) is 65.6 Å². The van der Waals surface area contributed by atoms with Crippen molar-refractivity contribution in [2.24, 2.45) is 0 Å². The maximum Gasteiger partial charge on any atom is 0.257 e. The van der Waals surface area contributed by atoms with Crippen LogP contribution in [-0.4, -0.2) is 29.4 Å². The predicted octanol–water partition coefficient (Wildman–Crippen LogP) is 2.06. The van der Waals surface area contributed by atoms with Crippen molar-refractivity contribution in [3.63, 3.8) is 0 Å². The summed E-state index contributed by atoms with van der Waals surface area (Å²) in [5, 5.41) is 3.15. The molecular formula is C20H17N3O3. The molecule has 130 valence electrons. The highest BCUT2D eigenvalue weighted by molar-refractivity contribution is 6.04. The normalized spacial score (nSPS) is 16.8. The fourth-order valence-corrected chi connectivity index (χ4v) is 3.25. The van der Waals surface area contributed by atoms with E-state index in [1.807, 2.05) is 36.4 Å². The van der Waals surface area contributed by atoms with Crippen molar-refractivity contribution in [2.75, 3.05) is 11.4 Å². The molecule has 26 heavy (non-hydrogen) atoms. The molecule has 0 radical (unpaired) electrons. The van der Waals surface area contributed by atoms with E-state index in [4.69, 9.17) is 0 Å². The van der Waals surface area contributed by atoms with E-state index >= 15 is 0 Å². The smallest absolute Gasteiger partial charge is 0.257 e. The molecule has 0 spiro atoms. The number of hydrogen-bond acceptors (Lipinski definition) is 3. The average Bonchev–Trinajstić information content (AvgIpc) is 3.03. The third-order valence-electron chi connectivity index (χ3n) is 4.61. The molecule has 0 aliphatic carbocycles. The van der Waals surface area contributed by atoms with Gasteiger partial charge in [-0.1, -0.05) is 30.3 Å². The molecule has 6 nitrogen and oxygen atoms in total. The number of benzene rings is 2. The van der Waals surface area contributed by atoms with Crippen LogP contribution in [0.3, 0.4) is 0 Å². The lowest BCUT2D eigenvalue weighted by atomic mass is 10.1. The molecule has 0 saturated carbocycles. The molecule has 3 aromatic rings. The minimum absolute atomic E-state index is 0.00895. The van der Waals surface area contributed by atoms with Gasteiger partial charge in [-0.2, -0.15) is 0 Å². The van der Waals surface area contributed by atoms with Gasteiger partial charge in [-0.25, -0.2) is 0 Å². The lowest BCUT2D eigenvalue weighted by molar-refractivity contribution is -0.118. The van der Waals surface area contributed by atoms with E-state index in [9.17, 15) is 14.4 Å². The van der Waals surface area contributed by atoms with E-state index in [1.54, 1.807) is 23.1 Å². The van der Waals surface area contributed by atoms with E-state index in [0.717, 1.165) is 5.69 Å². The molecule has 4 rings (SSSR count). The number of hydrogen-bond donors (Lipinski definition) is 2. The van der Waals surface area contributed by atoms with Gasteiger partial charge < -0.3 is 15.2 Å². The maximum absolute atomic E-state index is 12.6. The molecule has 1 atom stereocenters. The Morgan fingerprint density at radius 3 is 2.58 bits per heavy atom. The maximum atomic E-state index is 12.6. The summed E-state index contributed by atoms with van der Waals surface area (Å²) >= 11 is 0. The predicted molar refractivity (Wildman–Crippen MR) is 99.2 cm³/mol. The molecule has 1 aliphatic rings. The summed E-state index contributed by atoms with van der Waals surface area (Å²) in [6.45, 7) is 0.530. The number of pyridine rings is 1. The summed E-state index contributed by atoms with van der Waals surface area (Å²) < 4.78 is 0. The molecule has 1 saturated heterocycles. The van der Waals surface area contributed by atoms with Crippen LogP contribution in [0.5, 0.6) is 0 Å². The van der Waals surface area contributed by atoms with E-state index in [1.165, 1.54) is 6.20 Å². The van der Waals surface area contributed by atoms with Crippen LogP contribution >= 0.6 is 0 Å². The van der Waals surface area contributed by atoms with Crippen LogP contribution in [0.4, 0.5) is 5.69 Å². The molecule has 2 heterocycles. The molecule has 6 heteroatoms. The van der Waals surface area contributed by atoms with Gasteiger partial charge in [-0.3, -0.25) is 14.4 Å². The summed E-state index contributed by atoms with van der Waals surface area (Å²) in [5.74, 6) is -0.702. The van der Waals surface area contributed by atoms with Gasteiger partial charge in [0.15, 0.2) is 0 Å². The van der Waals surface area contributed by atoms with Gasteiger partial charge in [0.25, 0.3) is 5.91 Å². The standard InChI is InChI=1S/C20H17N3O3/c24-18-14-8-4-5-9-16(14)21-12-15(18)19(25)22-17-10-11-23(20(17)26)13-6-2-1-3-7-13/h1-9,12,17H,10-11H2,(H,21,24)(H,22,25). The lowest BCUT2D eigenvalue weighted by Gasteiger charge is -2.17. The highest BCUT2D eigenvalue weighted by atomic mass is 16.2. The van der Waals surface area contributed by atoms with Gasteiger partial charge in [0, 0.05) is 29.3 Å². The van der Waals surface area contributed by atoms with Crippen LogP contribution in [0.1, 0.15) is 16.8 Å². The zero-order valence-corrected chi connectivity index (χ0v) is 13.9. The Bertz CT molecular complexity index is 1040. The molecule has 1 aliphatic heterocycles. The minimum atomic E-state index is -0.631. The molecule has 1 fully saturated rings. The lowest BCUT2D eigenvalue weighted by Crippen LogP contribution is -2.42. The first-order chi connectivity index (χ1) is 12.6. The topological polar surface area (TPSA) is 82.3 Å². The minimum Gasteiger partial charge on any atom is -0.360 e. The third kappa shape index (κ3) is 2.75. The van der Waals surface area contributed by atoms with Crippen molar-refractivity contribution < 1.29 is 9.59 Å². The van der Waals surface area contributed by atoms with E-state index < -0.39 is 11.9 Å². The zero-order chi connectivity index (χ0) is 18.1. The number of nitrogens with zero attached hydrogens (tertiary/aromatic N) is 1. The van der Waals surface area contributed by atoms with Crippen LogP contribution in [0, 0.1) is 0 Å². The number of aromatic nitrogens is 1. The van der Waals surface area contributed by atoms with Crippen molar-refractivity contribution in [3.05, 3.63) is 76.6 Å². The molecule has 2 amide bonds. The molecular weight excluding hydrogens is 330 g/mol. The second-order valence-corrected chi connectivity index (χ2v) is 6.22. The van der Waals surface area contributed by atoms with Gasteiger partial charge in [0.1, 0.15) is 11.6 Å². The second kappa shape index (κ2) is 6.48. The van der Waals surface area contributed by atoms with Crippen molar-refractivity contribution in [2.45, 2.75) is 12.5 Å². The molecule has 2 N–H and O–H groups in total. The number of amides is 2. The summed E-state index contributed by atoms with van der Waals surface area (Å²) in [6, 6.07) is 15.7. The van der Waals surface area contributed by atoms with Crippen molar-refractivity contribution >= 4 is 28.4 Å². The number of para-hydroxylation sites is 2. The Morgan fingerprint density at radius 2 is 1.77 bits per heavy atom. The Hall–Kier alpha value is -3.41. The SMILES string of the molecule is O=C(NC1CCN(c2ccccc2)C1=O)c1c[nH]c2ccccc2c1=O. The summed E-state index contributed by atoms with van der Waals surface area (Å²) in [6.07, 6.45) is 1.90. The molecule has 1 aromatic heterocycles. The van der Waals surface area contributed by atoms with E-state index in [0.29, 0.717) is 23.9 Å². The Kier molecular flexibility index (Phi) is 4.01. The van der Waals surface area contributed by atoms with Gasteiger partial charge in [-0.15, -0.1) is 0 Å². The van der Waals surface area contributed by atoms with Crippen LogP contribution in [0.25, 0.3) is 10.9 Å². The summed E-state index contributed by atoms with van der Waals surface area (Å²) in [5.41, 5.74) is 1.14. The number of nitrogens with one attached hydrogen (secondary N) is 2. The van der Waals surface area contributed by atoms with Crippen LogP contribution in [-0.2, 0) is 4.79 Å². The van der Waals surface area contributed by atoms with E-state index in [2.05, 4.69) is 10.3 Å². The van der Waals surface area contributed by atoms with Gasteiger partial charge in [0.05, 0.1) is 0 Å². The van der Waals surface area contributed by atoms with Crippen molar-refractivity contribution in [3.8, 4) is 0 Å². The number of fused-ring (bicyclic) bond motifs is 1. The fraction of sp³-hybridized carbons (Fsp3) is 0.150. The van der Waals surface area contributed by atoms with Crippen LogP contribution in [0.2, 0.25) is 0 Å². The van der Waals surface area contributed by atoms with Crippen molar-refractivity contribution in [1.82, 2.24) is 10.3 Å². The van der Waals surface area contributed by atoms with Gasteiger partial charge in [-0.05, 0) is 30.7 Å². The van der Waals surface area contributed by atoms with Gasteiger partial charge in [0.2, 0.25) is 11.3 Å². The quantitative estimate of drug-likeness (QED) is 0.761. The molecule has 1 unspecified atom stereocenters. The monoisotopic (exact) mass is 347 g/mol. The third-order valence-corrected chi connectivity index (χ3v) is 4.61. The zero-order valence-electron chi connectivity index (χ0n) is 13.9. The highest BCUT2D eigenvalue weighted by Gasteiger charge is 2.34. The number of H-pyrrole nitrogens is 1. The van der Waals surface area contributed by atoms with Crippen LogP contribution < -0.4 is 15.6 Å². The Balaban J connectivity index is 1.55. The second-order valence-electron chi connectivity index (χ2n) is 6.22. The molecule has 0 bridgehead atoms. The fourth-order valence-electron chi connectivity index (χ4n) is 3.25. The first-order valence-corrected chi connectivity index (χ1v) is 8.43. The molecule has 2 aromatic carbocycles. The number of aromatic amines is 1. The van der Waals surface area contributed by atoms with Crippen molar-refractivity contribution in [1.29, 1.82) is 0 Å². The number of rotatable bonds is 3. The number of carbonyl (C=O) groups excluding carboxylic acids is 2.